The van der Waals surface area contributed by atoms with Gasteiger partial charge >= 0.3 is 0 Å². The maximum atomic E-state index is 13.9. The van der Waals surface area contributed by atoms with Gasteiger partial charge in [0.2, 0.25) is 10.0 Å². The third-order valence-electron chi connectivity index (χ3n) is 10.6. The Bertz CT molecular complexity index is 1300. The lowest BCUT2D eigenvalue weighted by atomic mass is 9.42. The third-order valence-corrected chi connectivity index (χ3v) is 13.3. The van der Waals surface area contributed by atoms with Gasteiger partial charge in [-0.1, -0.05) is 35.5 Å². The fourth-order valence-electron chi connectivity index (χ4n) is 8.34. The van der Waals surface area contributed by atoms with Gasteiger partial charge in [-0.05, 0) is 88.2 Å². The normalized spacial score (nSPS) is 32.8. The second kappa shape index (κ2) is 9.70. The molecule has 4 aliphatic carbocycles. The zero-order valence-electron chi connectivity index (χ0n) is 22.8. The van der Waals surface area contributed by atoms with Crippen LogP contribution < -0.4 is 5.32 Å². The van der Waals surface area contributed by atoms with Gasteiger partial charge in [0.15, 0.2) is 5.69 Å². The van der Waals surface area contributed by atoms with Crippen LogP contribution in [0.15, 0.2) is 40.9 Å². The Morgan fingerprint density at radius 3 is 2.46 bits per heavy atom. The lowest BCUT2D eigenvalue weighted by Gasteiger charge is -2.70. The summed E-state index contributed by atoms with van der Waals surface area (Å²) in [5.41, 5.74) is 1.71. The van der Waals surface area contributed by atoms with E-state index in [1.807, 2.05) is 10.4 Å². The number of hydrogen-bond donors (Lipinski definition) is 1. The van der Waals surface area contributed by atoms with Crippen molar-refractivity contribution in [1.82, 2.24) is 19.7 Å². The summed E-state index contributed by atoms with van der Waals surface area (Å²) in [6.45, 7) is 2.25. The molecule has 5 atom stereocenters. The molecular formula is C30H40N4O4S. The van der Waals surface area contributed by atoms with Crippen molar-refractivity contribution in [3.8, 4) is 0 Å². The number of carbonyl (C=O) groups excluding carboxylic acids is 1. The van der Waals surface area contributed by atoms with Crippen LogP contribution in [0.5, 0.6) is 0 Å². The minimum atomic E-state index is -3.31. The van der Waals surface area contributed by atoms with E-state index in [2.05, 4.69) is 46.7 Å². The number of benzene rings is 1. The average molecular weight is 553 g/mol. The molecule has 9 heteroatoms. The van der Waals surface area contributed by atoms with Crippen LogP contribution in [-0.4, -0.2) is 72.2 Å². The highest BCUT2D eigenvalue weighted by Crippen LogP contribution is 2.69. The van der Waals surface area contributed by atoms with Gasteiger partial charge in [0.05, 0.1) is 4.75 Å². The molecule has 1 aromatic heterocycles. The van der Waals surface area contributed by atoms with Crippen LogP contribution in [0.3, 0.4) is 0 Å². The van der Waals surface area contributed by atoms with Crippen LogP contribution in [0.2, 0.25) is 0 Å². The molecule has 1 N–H and O–H groups in total. The van der Waals surface area contributed by atoms with E-state index >= 15 is 0 Å². The topological polar surface area (TPSA) is 95.8 Å². The summed E-state index contributed by atoms with van der Waals surface area (Å²) in [6.07, 6.45) is 8.26. The smallest absolute Gasteiger partial charge is 0.273 e. The van der Waals surface area contributed by atoms with Crippen LogP contribution in [0.25, 0.3) is 0 Å². The van der Waals surface area contributed by atoms with Gasteiger partial charge in [0.25, 0.3) is 5.91 Å². The number of likely N-dealkylation sites (N-methyl/N-ethyl adjacent to an activating group) is 1. The van der Waals surface area contributed by atoms with Gasteiger partial charge in [0, 0.05) is 43.7 Å². The van der Waals surface area contributed by atoms with E-state index in [-0.39, 0.29) is 17.9 Å². The van der Waals surface area contributed by atoms with Crippen LogP contribution in [0.4, 0.5) is 0 Å². The molecule has 4 saturated carbocycles. The number of aromatic nitrogens is 1. The first-order valence-electron chi connectivity index (χ1n) is 14.9. The first kappa shape index (κ1) is 25.7. The van der Waals surface area contributed by atoms with Crippen LogP contribution in [-0.2, 0) is 16.4 Å². The van der Waals surface area contributed by atoms with Crippen molar-refractivity contribution in [3.63, 3.8) is 0 Å². The van der Waals surface area contributed by atoms with Crippen molar-refractivity contribution in [3.05, 3.63) is 53.4 Å². The molecule has 2 unspecified atom stereocenters. The maximum Gasteiger partial charge on any atom is 0.273 e. The second-order valence-electron chi connectivity index (χ2n) is 12.9. The Hall–Kier alpha value is -2.23. The fourth-order valence-corrected chi connectivity index (χ4v) is 11.1. The van der Waals surface area contributed by atoms with Gasteiger partial charge in [-0.25, -0.2) is 12.7 Å². The number of nitrogens with zero attached hydrogens (tertiary/aromatic N) is 3. The van der Waals surface area contributed by atoms with Gasteiger partial charge < -0.3 is 14.7 Å². The van der Waals surface area contributed by atoms with Gasteiger partial charge in [-0.15, -0.1) is 0 Å². The molecule has 0 spiro atoms. The molecule has 0 radical (unpaired) electrons. The van der Waals surface area contributed by atoms with Gasteiger partial charge in [-0.2, -0.15) is 0 Å². The number of nitrogens with one attached hydrogen (secondary N) is 1. The number of carbonyl (C=O) groups is 1. The summed E-state index contributed by atoms with van der Waals surface area (Å²) in [5, 5.41) is 7.15. The zero-order valence-corrected chi connectivity index (χ0v) is 23.6. The number of sulfonamides is 1. The molecule has 2 heterocycles. The standard InChI is InChI=1S/C30H40N4O4S/c1-33(12-9-20-5-3-2-4-6-20)25-10-13-34(14-11-25)39(36,37)30-18-22-15-24(16-23(19-30)28(22)30)31-29(35)26-17-27(38-32-26)21-7-8-21/h2-6,17,21-25,28H,7-16,18-19H2,1H3,(H,31,35)/t22-,23+,24-,28?,30?. The van der Waals surface area contributed by atoms with Crippen molar-refractivity contribution >= 4 is 15.9 Å². The van der Waals surface area contributed by atoms with Crippen LogP contribution >= 0.6 is 0 Å². The van der Waals surface area contributed by atoms with E-state index in [0.717, 1.165) is 70.1 Å². The van der Waals surface area contributed by atoms with Crippen LogP contribution in [0, 0.1) is 17.8 Å². The molecule has 210 valence electrons. The second-order valence-corrected chi connectivity index (χ2v) is 15.2. The van der Waals surface area contributed by atoms with E-state index in [1.54, 1.807) is 6.07 Å². The number of piperidine rings is 1. The van der Waals surface area contributed by atoms with E-state index < -0.39 is 14.8 Å². The predicted octanol–water partition coefficient (Wildman–Crippen LogP) is 3.81. The van der Waals surface area contributed by atoms with E-state index in [0.29, 0.717) is 42.6 Å². The summed E-state index contributed by atoms with van der Waals surface area (Å²) in [4.78, 5) is 15.2. The van der Waals surface area contributed by atoms with Crippen molar-refractivity contribution in [2.75, 3.05) is 26.7 Å². The molecule has 1 aromatic carbocycles. The van der Waals surface area contributed by atoms with Gasteiger partial charge in [0.1, 0.15) is 5.76 Å². The minimum absolute atomic E-state index is 0.0907. The van der Waals surface area contributed by atoms with Crippen molar-refractivity contribution in [2.24, 2.45) is 17.8 Å². The number of amides is 1. The highest BCUT2D eigenvalue weighted by atomic mass is 32.2. The first-order chi connectivity index (χ1) is 18.8. The molecule has 8 nitrogen and oxygen atoms in total. The molecule has 0 bridgehead atoms. The molecule has 5 aliphatic rings. The number of hydrogen-bond acceptors (Lipinski definition) is 6. The average Bonchev–Trinajstić information content (AvgIpc) is 3.65. The predicted molar refractivity (Wildman–Crippen MR) is 148 cm³/mol. The summed E-state index contributed by atoms with van der Waals surface area (Å²) < 4.78 is 34.4. The monoisotopic (exact) mass is 552 g/mol. The summed E-state index contributed by atoms with van der Waals surface area (Å²) in [6, 6.07) is 12.9. The molecule has 1 saturated heterocycles. The Balaban J connectivity index is 0.910. The Morgan fingerprint density at radius 1 is 1.10 bits per heavy atom. The zero-order chi connectivity index (χ0) is 26.8. The summed E-state index contributed by atoms with van der Waals surface area (Å²) in [7, 11) is -1.14. The summed E-state index contributed by atoms with van der Waals surface area (Å²) in [5.74, 6) is 2.12. The third kappa shape index (κ3) is 4.45. The Kier molecular flexibility index (Phi) is 6.40. The SMILES string of the molecule is CN(CCc1ccccc1)C1CCN(S(=O)(=O)C23C[C@H]4C[C@@H](NC(=O)c5cc(C6CC6)on5)C[C@@H](C2)C43)CC1. The van der Waals surface area contributed by atoms with E-state index in [9.17, 15) is 13.2 Å². The highest BCUT2D eigenvalue weighted by Gasteiger charge is 2.73. The van der Waals surface area contributed by atoms with E-state index in [4.69, 9.17) is 4.52 Å². The summed E-state index contributed by atoms with van der Waals surface area (Å²) >= 11 is 0. The Labute approximate surface area is 231 Å². The molecule has 1 amide bonds. The minimum Gasteiger partial charge on any atom is -0.360 e. The first-order valence-corrected chi connectivity index (χ1v) is 16.3. The molecule has 7 rings (SSSR count). The largest absolute Gasteiger partial charge is 0.360 e. The molecule has 1 aliphatic heterocycles. The molecular weight excluding hydrogens is 512 g/mol. The quantitative estimate of drug-likeness (QED) is 0.508. The lowest BCUT2D eigenvalue weighted by molar-refractivity contribution is -0.108. The van der Waals surface area contributed by atoms with Crippen molar-refractivity contribution in [1.29, 1.82) is 0 Å². The molecule has 5 fully saturated rings. The maximum absolute atomic E-state index is 13.9. The highest BCUT2D eigenvalue weighted by molar-refractivity contribution is 7.90. The molecule has 39 heavy (non-hydrogen) atoms. The fraction of sp³-hybridized carbons (Fsp3) is 0.667. The van der Waals surface area contributed by atoms with E-state index in [1.165, 1.54) is 5.56 Å². The van der Waals surface area contributed by atoms with Gasteiger partial charge in [-0.3, -0.25) is 4.79 Å². The van der Waals surface area contributed by atoms with Crippen molar-refractivity contribution < 1.29 is 17.7 Å². The van der Waals surface area contributed by atoms with Crippen molar-refractivity contribution in [2.45, 2.75) is 80.5 Å². The molecule has 2 aromatic rings. The Morgan fingerprint density at radius 2 is 1.79 bits per heavy atom. The lowest BCUT2D eigenvalue weighted by Crippen LogP contribution is -2.75. The number of rotatable bonds is 9. The van der Waals surface area contributed by atoms with Crippen LogP contribution in [0.1, 0.15) is 79.1 Å².